The van der Waals surface area contributed by atoms with Crippen molar-refractivity contribution in [1.82, 2.24) is 4.90 Å². The number of hydrogen-bond donors (Lipinski definition) is 0. The minimum Gasteiger partial charge on any atom is -0.441 e. The molecule has 0 aromatic carbocycles. The molecule has 6 heteroatoms. The number of thiocarbonyl (C=S) groups is 1. The summed E-state index contributed by atoms with van der Waals surface area (Å²) >= 11 is 6.53. The van der Waals surface area contributed by atoms with Crippen LogP contribution in [-0.2, 0) is 4.79 Å². The Morgan fingerprint density at radius 1 is 1.32 bits per heavy atom. The maximum Gasteiger partial charge on any atom is 0.266 e. The van der Waals surface area contributed by atoms with E-state index in [1.54, 1.807) is 17.1 Å². The van der Waals surface area contributed by atoms with E-state index in [-0.39, 0.29) is 5.91 Å². The van der Waals surface area contributed by atoms with E-state index in [0.29, 0.717) is 21.5 Å². The molecule has 0 atom stereocenters. The van der Waals surface area contributed by atoms with Crippen LogP contribution in [0.1, 0.15) is 25.0 Å². The molecule has 0 saturated carbocycles. The topological polar surface area (TPSA) is 36.7 Å². The third kappa shape index (κ3) is 3.13. The van der Waals surface area contributed by atoms with Gasteiger partial charge in [0.25, 0.3) is 5.91 Å². The summed E-state index contributed by atoms with van der Waals surface area (Å²) in [6, 6.07) is 3.88. The van der Waals surface area contributed by atoms with Gasteiger partial charge in [0.05, 0.1) is 4.91 Å². The number of thioether (sulfide) groups is 1. The highest BCUT2D eigenvalue weighted by Gasteiger charge is 2.31. The van der Waals surface area contributed by atoms with Crippen LogP contribution in [0.2, 0.25) is 0 Å². The van der Waals surface area contributed by atoms with Gasteiger partial charge < -0.3 is 9.32 Å². The van der Waals surface area contributed by atoms with Gasteiger partial charge in [0.2, 0.25) is 0 Å². The zero-order chi connectivity index (χ0) is 15.5. The first-order chi connectivity index (χ1) is 10.7. The normalized spacial score (nSPS) is 21.0. The zero-order valence-corrected chi connectivity index (χ0v) is 13.9. The number of carbonyl (C=O) groups is 1. The highest BCUT2D eigenvalue weighted by molar-refractivity contribution is 8.26. The number of anilines is 1. The fourth-order valence-corrected chi connectivity index (χ4v) is 3.87. The van der Waals surface area contributed by atoms with Crippen molar-refractivity contribution in [3.63, 3.8) is 0 Å². The largest absolute Gasteiger partial charge is 0.441 e. The summed E-state index contributed by atoms with van der Waals surface area (Å²) in [6.07, 6.45) is 7.15. The van der Waals surface area contributed by atoms with Gasteiger partial charge in [-0.15, -0.1) is 6.58 Å². The Kier molecular flexibility index (Phi) is 4.69. The molecule has 3 heterocycles. The second-order valence-corrected chi connectivity index (χ2v) is 6.98. The molecule has 0 aliphatic carbocycles. The molecule has 0 unspecified atom stereocenters. The molecule has 1 aromatic rings. The summed E-state index contributed by atoms with van der Waals surface area (Å²) < 4.78 is 6.43. The average Bonchev–Trinajstić information content (AvgIpc) is 3.09. The summed E-state index contributed by atoms with van der Waals surface area (Å²) in [5.41, 5.74) is 0. The smallest absolute Gasteiger partial charge is 0.266 e. The molecular weight excluding hydrogens is 316 g/mol. The number of piperidine rings is 1. The van der Waals surface area contributed by atoms with Crippen molar-refractivity contribution in [3.8, 4) is 0 Å². The molecule has 2 fully saturated rings. The SMILES string of the molecule is C=CCN1C(=O)/C(=C/c2ccc(N3CCCCC3)o2)SC1=S. The van der Waals surface area contributed by atoms with Gasteiger partial charge in [-0.2, -0.15) is 0 Å². The van der Waals surface area contributed by atoms with Crippen molar-refractivity contribution in [2.75, 3.05) is 24.5 Å². The highest BCUT2D eigenvalue weighted by atomic mass is 32.2. The van der Waals surface area contributed by atoms with Crippen LogP contribution in [0.3, 0.4) is 0 Å². The molecule has 1 aromatic heterocycles. The maximum atomic E-state index is 12.3. The van der Waals surface area contributed by atoms with E-state index in [1.807, 2.05) is 12.1 Å². The number of carbonyl (C=O) groups excluding carboxylic acids is 1. The van der Waals surface area contributed by atoms with Crippen molar-refractivity contribution in [3.05, 3.63) is 35.5 Å². The maximum absolute atomic E-state index is 12.3. The van der Waals surface area contributed by atoms with Gasteiger partial charge in [0.1, 0.15) is 10.1 Å². The minimum atomic E-state index is -0.0779. The summed E-state index contributed by atoms with van der Waals surface area (Å²) in [4.78, 5) is 16.7. The summed E-state index contributed by atoms with van der Waals surface area (Å²) in [5.74, 6) is 1.50. The van der Waals surface area contributed by atoms with E-state index in [2.05, 4.69) is 11.5 Å². The summed E-state index contributed by atoms with van der Waals surface area (Å²) in [5, 5.41) is 0. The first-order valence-electron chi connectivity index (χ1n) is 7.40. The fraction of sp³-hybridized carbons (Fsp3) is 0.375. The lowest BCUT2D eigenvalue weighted by molar-refractivity contribution is -0.121. The molecule has 2 aliphatic rings. The third-order valence-corrected chi connectivity index (χ3v) is 5.12. The fourth-order valence-electron chi connectivity index (χ4n) is 2.62. The van der Waals surface area contributed by atoms with Gasteiger partial charge in [-0.1, -0.05) is 30.1 Å². The van der Waals surface area contributed by atoms with E-state index < -0.39 is 0 Å². The average molecular weight is 334 g/mol. The standard InChI is InChI=1S/C16H18N2O2S2/c1-2-8-18-15(19)13(22-16(18)21)11-12-6-7-14(20-12)17-9-4-3-5-10-17/h2,6-7,11H,1,3-5,8-10H2/b13-11-. The lowest BCUT2D eigenvalue weighted by atomic mass is 10.1. The zero-order valence-electron chi connectivity index (χ0n) is 12.3. The van der Waals surface area contributed by atoms with Gasteiger partial charge in [0, 0.05) is 31.8 Å². The Morgan fingerprint density at radius 2 is 2.09 bits per heavy atom. The Bertz CT molecular complexity index is 630. The van der Waals surface area contributed by atoms with Crippen LogP contribution in [-0.4, -0.2) is 34.8 Å². The Balaban J connectivity index is 1.75. The molecule has 116 valence electrons. The second kappa shape index (κ2) is 6.71. The quantitative estimate of drug-likeness (QED) is 0.477. The van der Waals surface area contributed by atoms with Crippen molar-refractivity contribution in [2.24, 2.45) is 0 Å². The van der Waals surface area contributed by atoms with Crippen molar-refractivity contribution < 1.29 is 9.21 Å². The van der Waals surface area contributed by atoms with E-state index >= 15 is 0 Å². The first-order valence-corrected chi connectivity index (χ1v) is 8.62. The van der Waals surface area contributed by atoms with Crippen LogP contribution in [0.5, 0.6) is 0 Å². The third-order valence-electron chi connectivity index (χ3n) is 3.74. The lowest BCUT2D eigenvalue weighted by Crippen LogP contribution is -2.28. The number of furan rings is 1. The second-order valence-electron chi connectivity index (χ2n) is 5.30. The van der Waals surface area contributed by atoms with E-state index in [1.165, 1.54) is 31.0 Å². The van der Waals surface area contributed by atoms with Gasteiger partial charge in [-0.25, -0.2) is 0 Å². The predicted octanol–water partition coefficient (Wildman–Crippen LogP) is 3.66. The molecule has 2 saturated heterocycles. The molecule has 0 spiro atoms. The lowest BCUT2D eigenvalue weighted by Gasteiger charge is -2.25. The van der Waals surface area contributed by atoms with Gasteiger partial charge in [-0.3, -0.25) is 9.69 Å². The molecule has 0 N–H and O–H groups in total. The van der Waals surface area contributed by atoms with Gasteiger partial charge in [0.15, 0.2) is 5.88 Å². The number of nitrogens with zero attached hydrogens (tertiary/aromatic N) is 2. The Morgan fingerprint density at radius 3 is 2.82 bits per heavy atom. The minimum absolute atomic E-state index is 0.0779. The molecular formula is C16H18N2O2S2. The van der Waals surface area contributed by atoms with Crippen LogP contribution in [0.4, 0.5) is 5.88 Å². The highest BCUT2D eigenvalue weighted by Crippen LogP contribution is 2.33. The van der Waals surface area contributed by atoms with Crippen molar-refractivity contribution in [2.45, 2.75) is 19.3 Å². The molecule has 2 aliphatic heterocycles. The first kappa shape index (κ1) is 15.4. The van der Waals surface area contributed by atoms with Crippen LogP contribution in [0.25, 0.3) is 6.08 Å². The van der Waals surface area contributed by atoms with E-state index in [0.717, 1.165) is 19.0 Å². The number of rotatable bonds is 4. The summed E-state index contributed by atoms with van der Waals surface area (Å²) in [7, 11) is 0. The Labute approximate surface area is 139 Å². The molecule has 1 amide bonds. The van der Waals surface area contributed by atoms with Crippen LogP contribution in [0, 0.1) is 0 Å². The predicted molar refractivity (Wildman–Crippen MR) is 94.8 cm³/mol. The number of amides is 1. The van der Waals surface area contributed by atoms with Crippen LogP contribution < -0.4 is 4.90 Å². The van der Waals surface area contributed by atoms with Crippen LogP contribution >= 0.6 is 24.0 Å². The number of hydrogen-bond acceptors (Lipinski definition) is 5. The Hall–Kier alpha value is -1.53. The molecule has 0 bridgehead atoms. The molecule has 0 radical (unpaired) electrons. The molecule has 22 heavy (non-hydrogen) atoms. The van der Waals surface area contributed by atoms with Gasteiger partial charge >= 0.3 is 0 Å². The molecule has 3 rings (SSSR count). The van der Waals surface area contributed by atoms with Crippen molar-refractivity contribution in [1.29, 1.82) is 0 Å². The van der Waals surface area contributed by atoms with Crippen molar-refractivity contribution >= 4 is 46.2 Å². The monoisotopic (exact) mass is 334 g/mol. The van der Waals surface area contributed by atoms with E-state index in [9.17, 15) is 4.79 Å². The molecule has 4 nitrogen and oxygen atoms in total. The van der Waals surface area contributed by atoms with Gasteiger partial charge in [-0.05, 0) is 25.3 Å². The van der Waals surface area contributed by atoms with Crippen LogP contribution in [0.15, 0.2) is 34.1 Å². The van der Waals surface area contributed by atoms with E-state index in [4.69, 9.17) is 16.6 Å². The summed E-state index contributed by atoms with van der Waals surface area (Å²) in [6.45, 7) is 6.17.